The summed E-state index contributed by atoms with van der Waals surface area (Å²) in [6.45, 7) is 3.83. The minimum Gasteiger partial charge on any atom is -0.481 e. The predicted molar refractivity (Wildman–Crippen MR) is 73.1 cm³/mol. The van der Waals surface area contributed by atoms with Gasteiger partial charge in [0.05, 0.1) is 0 Å². The van der Waals surface area contributed by atoms with Gasteiger partial charge in [0.1, 0.15) is 0 Å². The van der Waals surface area contributed by atoms with Gasteiger partial charge in [-0.3, -0.25) is 9.59 Å². The van der Waals surface area contributed by atoms with E-state index in [4.69, 9.17) is 5.11 Å². The highest BCUT2D eigenvalue weighted by Crippen LogP contribution is 2.32. The van der Waals surface area contributed by atoms with Gasteiger partial charge in [-0.25, -0.2) is 0 Å². The van der Waals surface area contributed by atoms with Crippen molar-refractivity contribution in [1.29, 1.82) is 0 Å². The number of rotatable bonds is 4. The van der Waals surface area contributed by atoms with Crippen LogP contribution in [0.4, 0.5) is 5.69 Å². The van der Waals surface area contributed by atoms with Crippen molar-refractivity contribution in [3.63, 3.8) is 0 Å². The number of benzene rings is 1. The summed E-state index contributed by atoms with van der Waals surface area (Å²) in [5.41, 5.74) is 2.16. The zero-order chi connectivity index (χ0) is 14.0. The number of nitrogens with zero attached hydrogens (tertiary/aromatic N) is 1. The number of carboxylic acid groups (broad SMARTS) is 1. The van der Waals surface area contributed by atoms with E-state index < -0.39 is 5.97 Å². The number of fused-ring (bicyclic) bond motifs is 1. The molecule has 0 radical (unpaired) electrons. The van der Waals surface area contributed by atoms with Gasteiger partial charge in [0.15, 0.2) is 0 Å². The fourth-order valence-electron chi connectivity index (χ4n) is 2.71. The number of para-hydroxylation sites is 1. The van der Waals surface area contributed by atoms with Crippen LogP contribution in [-0.4, -0.2) is 23.0 Å². The number of hydrogen-bond acceptors (Lipinski definition) is 2. The molecule has 19 heavy (non-hydrogen) atoms. The summed E-state index contributed by atoms with van der Waals surface area (Å²) in [7, 11) is 0. The summed E-state index contributed by atoms with van der Waals surface area (Å²) in [6.07, 6.45) is 1.19. The molecule has 1 aromatic rings. The molecule has 1 amide bonds. The third-order valence-electron chi connectivity index (χ3n) is 3.52. The normalized spacial score (nSPS) is 19.1. The zero-order valence-electron chi connectivity index (χ0n) is 11.3. The highest BCUT2D eigenvalue weighted by molar-refractivity contribution is 5.96. The molecule has 1 aliphatic heterocycles. The monoisotopic (exact) mass is 261 g/mol. The molecule has 1 aromatic carbocycles. The van der Waals surface area contributed by atoms with Gasteiger partial charge in [0.2, 0.25) is 5.91 Å². The maximum absolute atomic E-state index is 12.3. The molecule has 0 fully saturated rings. The highest BCUT2D eigenvalue weighted by atomic mass is 16.4. The van der Waals surface area contributed by atoms with E-state index in [0.717, 1.165) is 12.1 Å². The molecule has 2 atom stereocenters. The fourth-order valence-corrected chi connectivity index (χ4v) is 2.71. The summed E-state index contributed by atoms with van der Waals surface area (Å²) in [4.78, 5) is 24.8. The van der Waals surface area contributed by atoms with E-state index in [9.17, 15) is 9.59 Å². The Morgan fingerprint density at radius 1 is 1.37 bits per heavy atom. The third-order valence-corrected chi connectivity index (χ3v) is 3.52. The molecular formula is C15H19NO3. The van der Waals surface area contributed by atoms with Crippen LogP contribution in [0.3, 0.4) is 0 Å². The van der Waals surface area contributed by atoms with Gasteiger partial charge in [0, 0.05) is 24.6 Å². The average Bonchev–Trinajstić information content (AvgIpc) is 2.63. The molecule has 0 aliphatic carbocycles. The highest BCUT2D eigenvalue weighted by Gasteiger charge is 2.31. The molecule has 102 valence electrons. The summed E-state index contributed by atoms with van der Waals surface area (Å²) in [6, 6.07) is 8.06. The van der Waals surface area contributed by atoms with E-state index in [0.29, 0.717) is 0 Å². The topological polar surface area (TPSA) is 57.6 Å². The number of carboxylic acids is 1. The van der Waals surface area contributed by atoms with Gasteiger partial charge in [-0.05, 0) is 30.9 Å². The number of anilines is 1. The molecule has 4 nitrogen and oxygen atoms in total. The van der Waals surface area contributed by atoms with Crippen LogP contribution in [0.15, 0.2) is 24.3 Å². The number of carbonyl (C=O) groups excluding carboxylic acids is 1. The Labute approximate surface area is 113 Å². The first-order valence-electron chi connectivity index (χ1n) is 6.60. The van der Waals surface area contributed by atoms with Gasteiger partial charge < -0.3 is 10.0 Å². The number of hydrogen-bond donors (Lipinski definition) is 1. The molecule has 2 unspecified atom stereocenters. The Bertz CT molecular complexity index is 498. The Morgan fingerprint density at radius 3 is 2.74 bits per heavy atom. The molecule has 1 aliphatic rings. The Kier molecular flexibility index (Phi) is 3.88. The van der Waals surface area contributed by atoms with Crippen LogP contribution in [0, 0.1) is 5.92 Å². The van der Waals surface area contributed by atoms with E-state index in [1.807, 2.05) is 36.1 Å². The van der Waals surface area contributed by atoms with Crippen molar-refractivity contribution in [2.75, 3.05) is 4.90 Å². The summed E-state index contributed by atoms with van der Waals surface area (Å²) in [5.74, 6) is -0.966. The van der Waals surface area contributed by atoms with E-state index >= 15 is 0 Å². The van der Waals surface area contributed by atoms with Crippen molar-refractivity contribution in [3.05, 3.63) is 29.8 Å². The third kappa shape index (κ3) is 2.95. The Hall–Kier alpha value is -1.84. The molecule has 1 heterocycles. The largest absolute Gasteiger partial charge is 0.481 e. The second-order valence-corrected chi connectivity index (χ2v) is 5.35. The van der Waals surface area contributed by atoms with Crippen LogP contribution < -0.4 is 4.90 Å². The summed E-state index contributed by atoms with van der Waals surface area (Å²) >= 11 is 0. The minimum absolute atomic E-state index is 0.0196. The standard InChI is InChI=1S/C15H19NO3/c1-10(8-15(18)19)7-14(17)16-11(2)9-12-5-3-4-6-13(12)16/h3-6,10-11H,7-9H2,1-2H3,(H,18,19). The SMILES string of the molecule is CC(CC(=O)O)CC(=O)N1c2ccccc2CC1C. The van der Waals surface area contributed by atoms with Crippen LogP contribution in [-0.2, 0) is 16.0 Å². The quantitative estimate of drug-likeness (QED) is 0.905. The molecule has 0 aromatic heterocycles. The van der Waals surface area contributed by atoms with Crippen molar-refractivity contribution in [1.82, 2.24) is 0 Å². The average molecular weight is 261 g/mol. The Balaban J connectivity index is 2.09. The molecule has 0 saturated carbocycles. The van der Waals surface area contributed by atoms with E-state index in [-0.39, 0.29) is 30.7 Å². The summed E-state index contributed by atoms with van der Waals surface area (Å²) < 4.78 is 0. The van der Waals surface area contributed by atoms with Gasteiger partial charge >= 0.3 is 5.97 Å². The maximum atomic E-state index is 12.3. The fraction of sp³-hybridized carbons (Fsp3) is 0.467. The van der Waals surface area contributed by atoms with Gasteiger partial charge in [-0.15, -0.1) is 0 Å². The first kappa shape index (κ1) is 13.6. The van der Waals surface area contributed by atoms with Crippen LogP contribution in [0.5, 0.6) is 0 Å². The molecule has 1 N–H and O–H groups in total. The van der Waals surface area contributed by atoms with Crippen LogP contribution in [0.1, 0.15) is 32.3 Å². The summed E-state index contributed by atoms with van der Waals surface area (Å²) in [5, 5.41) is 8.75. The number of carbonyl (C=O) groups is 2. The minimum atomic E-state index is -0.852. The van der Waals surface area contributed by atoms with Crippen molar-refractivity contribution < 1.29 is 14.7 Å². The van der Waals surface area contributed by atoms with E-state index in [1.165, 1.54) is 5.56 Å². The lowest BCUT2D eigenvalue weighted by molar-refractivity contribution is -0.138. The first-order valence-corrected chi connectivity index (χ1v) is 6.60. The van der Waals surface area contributed by atoms with E-state index in [1.54, 1.807) is 6.92 Å². The van der Waals surface area contributed by atoms with Gasteiger partial charge in [0.25, 0.3) is 0 Å². The predicted octanol–water partition coefficient (Wildman–Crippen LogP) is 2.47. The molecule has 4 heteroatoms. The van der Waals surface area contributed by atoms with Crippen molar-refractivity contribution >= 4 is 17.6 Å². The van der Waals surface area contributed by atoms with Crippen molar-refractivity contribution in [2.45, 2.75) is 39.2 Å². The lowest BCUT2D eigenvalue weighted by atomic mass is 10.0. The lowest BCUT2D eigenvalue weighted by Gasteiger charge is -2.24. The molecule has 2 rings (SSSR count). The van der Waals surface area contributed by atoms with Crippen molar-refractivity contribution in [2.24, 2.45) is 5.92 Å². The molecule has 0 saturated heterocycles. The Morgan fingerprint density at radius 2 is 2.05 bits per heavy atom. The smallest absolute Gasteiger partial charge is 0.303 e. The maximum Gasteiger partial charge on any atom is 0.303 e. The number of aliphatic carboxylic acids is 1. The molecular weight excluding hydrogens is 242 g/mol. The molecule has 0 spiro atoms. The van der Waals surface area contributed by atoms with Gasteiger partial charge in [-0.2, -0.15) is 0 Å². The van der Waals surface area contributed by atoms with Crippen LogP contribution >= 0.6 is 0 Å². The first-order chi connectivity index (χ1) is 8.99. The second-order valence-electron chi connectivity index (χ2n) is 5.35. The van der Waals surface area contributed by atoms with Gasteiger partial charge in [-0.1, -0.05) is 25.1 Å². The second kappa shape index (κ2) is 5.43. The lowest BCUT2D eigenvalue weighted by Crippen LogP contribution is -2.36. The molecule has 0 bridgehead atoms. The van der Waals surface area contributed by atoms with Crippen LogP contribution in [0.25, 0.3) is 0 Å². The van der Waals surface area contributed by atoms with E-state index in [2.05, 4.69) is 0 Å². The number of amides is 1. The van der Waals surface area contributed by atoms with Crippen LogP contribution in [0.2, 0.25) is 0 Å². The zero-order valence-corrected chi connectivity index (χ0v) is 11.3. The van der Waals surface area contributed by atoms with Crippen molar-refractivity contribution in [3.8, 4) is 0 Å².